The van der Waals surface area contributed by atoms with Gasteiger partial charge in [-0.1, -0.05) is 13.3 Å². The second-order valence-electron chi connectivity index (χ2n) is 4.39. The Hall–Kier alpha value is -0.660. The fourth-order valence-electron chi connectivity index (χ4n) is 1.96. The Morgan fingerprint density at radius 1 is 1.46 bits per heavy atom. The molecule has 0 heterocycles. The van der Waals surface area contributed by atoms with Crippen molar-refractivity contribution in [2.75, 3.05) is 0 Å². The summed E-state index contributed by atoms with van der Waals surface area (Å²) in [4.78, 5) is 22.4. The molecule has 1 atom stereocenters. The summed E-state index contributed by atoms with van der Waals surface area (Å²) in [6.45, 7) is 3.61. The summed E-state index contributed by atoms with van der Waals surface area (Å²) < 4.78 is 0. The number of Topliss-reactive ketones (excluding diaryl/α,β-unsaturated/α-hetero) is 2. The SMILES string of the molecule is CC(=O)CC[C@]1(C)CCCCC1=O. The van der Waals surface area contributed by atoms with Crippen LogP contribution in [0.4, 0.5) is 0 Å². The van der Waals surface area contributed by atoms with Crippen LogP contribution in [-0.4, -0.2) is 11.6 Å². The van der Waals surface area contributed by atoms with Gasteiger partial charge in [-0.3, -0.25) is 4.79 Å². The van der Waals surface area contributed by atoms with Crippen molar-refractivity contribution in [3.8, 4) is 0 Å². The third kappa shape index (κ3) is 2.64. The first-order valence-corrected chi connectivity index (χ1v) is 5.07. The van der Waals surface area contributed by atoms with Crippen LogP contribution in [0.25, 0.3) is 0 Å². The molecule has 2 nitrogen and oxygen atoms in total. The van der Waals surface area contributed by atoms with Gasteiger partial charge < -0.3 is 4.79 Å². The maximum Gasteiger partial charge on any atom is 0.138 e. The Kier molecular flexibility index (Phi) is 3.23. The minimum absolute atomic E-state index is 0.191. The summed E-state index contributed by atoms with van der Waals surface area (Å²) in [5.74, 6) is 0.555. The monoisotopic (exact) mass is 182 g/mol. The molecule has 2 heteroatoms. The molecule has 1 aliphatic rings. The van der Waals surface area contributed by atoms with E-state index in [-0.39, 0.29) is 11.2 Å². The van der Waals surface area contributed by atoms with E-state index in [9.17, 15) is 9.59 Å². The standard InChI is InChI=1S/C11H18O2/c1-9(12)6-8-11(2)7-4-3-5-10(11)13/h3-8H2,1-2H3/t11-/m0/s1. The topological polar surface area (TPSA) is 34.1 Å². The van der Waals surface area contributed by atoms with E-state index in [4.69, 9.17) is 0 Å². The van der Waals surface area contributed by atoms with Crippen LogP contribution in [0, 0.1) is 5.41 Å². The highest BCUT2D eigenvalue weighted by atomic mass is 16.1. The van der Waals surface area contributed by atoms with Crippen LogP contribution in [0.2, 0.25) is 0 Å². The summed E-state index contributed by atoms with van der Waals surface area (Å²) in [6.07, 6.45) is 5.17. The maximum atomic E-state index is 11.6. The average Bonchev–Trinajstić information content (AvgIpc) is 2.07. The molecule has 0 aliphatic heterocycles. The lowest BCUT2D eigenvalue weighted by Gasteiger charge is -2.31. The maximum absolute atomic E-state index is 11.6. The molecule has 0 bridgehead atoms. The van der Waals surface area contributed by atoms with E-state index in [0.29, 0.717) is 18.6 Å². The molecule has 0 N–H and O–H groups in total. The van der Waals surface area contributed by atoms with Gasteiger partial charge in [0.15, 0.2) is 0 Å². The number of hydrogen-bond donors (Lipinski definition) is 0. The number of rotatable bonds is 3. The van der Waals surface area contributed by atoms with Crippen molar-refractivity contribution in [3.05, 3.63) is 0 Å². The molecule has 74 valence electrons. The van der Waals surface area contributed by atoms with Crippen molar-refractivity contribution >= 4 is 11.6 Å². The predicted molar refractivity (Wildman–Crippen MR) is 51.5 cm³/mol. The molecular formula is C11H18O2. The second kappa shape index (κ2) is 4.03. The van der Waals surface area contributed by atoms with Crippen LogP contribution in [0.1, 0.15) is 52.4 Å². The highest BCUT2D eigenvalue weighted by Crippen LogP contribution is 2.36. The summed E-state index contributed by atoms with van der Waals surface area (Å²) in [7, 11) is 0. The minimum Gasteiger partial charge on any atom is -0.300 e. The van der Waals surface area contributed by atoms with Crippen LogP contribution < -0.4 is 0 Å². The molecule has 13 heavy (non-hydrogen) atoms. The first-order valence-electron chi connectivity index (χ1n) is 5.07. The summed E-state index contributed by atoms with van der Waals surface area (Å²) in [5, 5.41) is 0. The zero-order valence-electron chi connectivity index (χ0n) is 8.56. The summed E-state index contributed by atoms with van der Waals surface area (Å²) in [6, 6.07) is 0. The lowest BCUT2D eigenvalue weighted by molar-refractivity contribution is -0.131. The van der Waals surface area contributed by atoms with Gasteiger partial charge in [0, 0.05) is 18.3 Å². The van der Waals surface area contributed by atoms with Gasteiger partial charge in [0.05, 0.1) is 0 Å². The fourth-order valence-corrected chi connectivity index (χ4v) is 1.96. The number of hydrogen-bond acceptors (Lipinski definition) is 2. The molecule has 0 radical (unpaired) electrons. The van der Waals surface area contributed by atoms with E-state index < -0.39 is 0 Å². The number of carbonyl (C=O) groups excluding carboxylic acids is 2. The fraction of sp³-hybridized carbons (Fsp3) is 0.818. The Labute approximate surface area is 79.7 Å². The van der Waals surface area contributed by atoms with Crippen molar-refractivity contribution in [1.82, 2.24) is 0 Å². The average molecular weight is 182 g/mol. The van der Waals surface area contributed by atoms with Gasteiger partial charge in [0.25, 0.3) is 0 Å². The number of carbonyl (C=O) groups is 2. The van der Waals surface area contributed by atoms with Crippen molar-refractivity contribution in [3.63, 3.8) is 0 Å². The Balaban J connectivity index is 2.51. The predicted octanol–water partition coefficient (Wildman–Crippen LogP) is 2.51. The van der Waals surface area contributed by atoms with E-state index in [1.165, 1.54) is 0 Å². The van der Waals surface area contributed by atoms with Crippen molar-refractivity contribution in [2.45, 2.75) is 52.4 Å². The molecule has 1 aliphatic carbocycles. The summed E-state index contributed by atoms with van der Waals surface area (Å²) >= 11 is 0. The zero-order chi connectivity index (χ0) is 9.90. The third-order valence-electron chi connectivity index (χ3n) is 3.08. The first kappa shape index (κ1) is 10.4. The molecule has 1 saturated carbocycles. The quantitative estimate of drug-likeness (QED) is 0.672. The second-order valence-corrected chi connectivity index (χ2v) is 4.39. The van der Waals surface area contributed by atoms with Crippen LogP contribution in [0.5, 0.6) is 0 Å². The van der Waals surface area contributed by atoms with Crippen molar-refractivity contribution < 1.29 is 9.59 Å². The highest BCUT2D eigenvalue weighted by molar-refractivity contribution is 5.86. The lowest BCUT2D eigenvalue weighted by atomic mass is 9.71. The van der Waals surface area contributed by atoms with E-state index in [2.05, 4.69) is 0 Å². The molecule has 0 aromatic heterocycles. The molecule has 1 rings (SSSR count). The smallest absolute Gasteiger partial charge is 0.138 e. The van der Waals surface area contributed by atoms with Gasteiger partial charge in [-0.2, -0.15) is 0 Å². The molecule has 0 unspecified atom stereocenters. The van der Waals surface area contributed by atoms with E-state index in [0.717, 1.165) is 25.7 Å². The largest absolute Gasteiger partial charge is 0.300 e. The van der Waals surface area contributed by atoms with Crippen molar-refractivity contribution in [2.24, 2.45) is 5.41 Å². The normalized spacial score (nSPS) is 28.9. The van der Waals surface area contributed by atoms with Gasteiger partial charge in [-0.05, 0) is 26.2 Å². The zero-order valence-corrected chi connectivity index (χ0v) is 8.56. The van der Waals surface area contributed by atoms with E-state index >= 15 is 0 Å². The Morgan fingerprint density at radius 2 is 2.15 bits per heavy atom. The molecule has 0 aromatic rings. The van der Waals surface area contributed by atoms with Crippen molar-refractivity contribution in [1.29, 1.82) is 0 Å². The van der Waals surface area contributed by atoms with Crippen LogP contribution >= 0.6 is 0 Å². The molecule has 0 saturated heterocycles. The molecule has 0 spiro atoms. The first-order chi connectivity index (χ1) is 6.04. The van der Waals surface area contributed by atoms with Gasteiger partial charge in [0.2, 0.25) is 0 Å². The third-order valence-corrected chi connectivity index (χ3v) is 3.08. The van der Waals surface area contributed by atoms with E-state index in [1.54, 1.807) is 6.92 Å². The Morgan fingerprint density at radius 3 is 2.69 bits per heavy atom. The van der Waals surface area contributed by atoms with Gasteiger partial charge in [0.1, 0.15) is 11.6 Å². The van der Waals surface area contributed by atoms with Crippen LogP contribution in [0.3, 0.4) is 0 Å². The minimum atomic E-state index is -0.191. The van der Waals surface area contributed by atoms with E-state index in [1.807, 2.05) is 6.92 Å². The summed E-state index contributed by atoms with van der Waals surface area (Å²) in [5.41, 5.74) is -0.191. The van der Waals surface area contributed by atoms with Gasteiger partial charge in [-0.15, -0.1) is 0 Å². The molecule has 0 aromatic carbocycles. The molecule has 0 amide bonds. The highest BCUT2D eigenvalue weighted by Gasteiger charge is 2.34. The lowest BCUT2D eigenvalue weighted by Crippen LogP contribution is -2.31. The molecule has 1 fully saturated rings. The van der Waals surface area contributed by atoms with Gasteiger partial charge in [-0.25, -0.2) is 0 Å². The van der Waals surface area contributed by atoms with Crippen LogP contribution in [0.15, 0.2) is 0 Å². The van der Waals surface area contributed by atoms with Crippen LogP contribution in [-0.2, 0) is 9.59 Å². The molecular weight excluding hydrogens is 164 g/mol. The van der Waals surface area contributed by atoms with Gasteiger partial charge >= 0.3 is 0 Å². The number of ketones is 2. The Bertz CT molecular complexity index is 220.